The largest absolute Gasteiger partial charge is 0.355 e. The molecule has 0 radical (unpaired) electrons. The number of aromatic nitrogens is 2. The van der Waals surface area contributed by atoms with Crippen LogP contribution in [0.4, 0.5) is 5.69 Å². The van der Waals surface area contributed by atoms with Gasteiger partial charge in [-0.15, -0.1) is 0 Å². The summed E-state index contributed by atoms with van der Waals surface area (Å²) in [6, 6.07) is 16.1. The Balaban J connectivity index is 0.00000420. The van der Waals surface area contributed by atoms with Gasteiger partial charge in [0.2, 0.25) is 5.91 Å². The lowest BCUT2D eigenvalue weighted by Gasteiger charge is -2.32. The first kappa shape index (κ1) is 29.8. The zero-order valence-electron chi connectivity index (χ0n) is 22.9. The van der Waals surface area contributed by atoms with E-state index in [9.17, 15) is 9.59 Å². The molecule has 0 fully saturated rings. The van der Waals surface area contributed by atoms with Crippen LogP contribution in [0.5, 0.6) is 0 Å². The molecular formula is C31H42N6O2. The lowest BCUT2D eigenvalue weighted by atomic mass is 10.1. The molecular weight excluding hydrogens is 488 g/mol. The normalized spacial score (nSPS) is 12.5. The highest BCUT2D eigenvalue weighted by Gasteiger charge is 2.27. The highest BCUT2D eigenvalue weighted by Crippen LogP contribution is 2.28. The van der Waals surface area contributed by atoms with Crippen LogP contribution in [0.2, 0.25) is 0 Å². The van der Waals surface area contributed by atoms with Crippen molar-refractivity contribution in [3.05, 3.63) is 77.7 Å². The van der Waals surface area contributed by atoms with Gasteiger partial charge in [-0.05, 0) is 54.5 Å². The molecule has 8 nitrogen and oxygen atoms in total. The van der Waals surface area contributed by atoms with E-state index in [0.717, 1.165) is 35.3 Å². The number of fused-ring (bicyclic) bond motifs is 1. The summed E-state index contributed by atoms with van der Waals surface area (Å²) in [6.45, 7) is 8.54. The Labute approximate surface area is 233 Å². The smallest absolute Gasteiger partial charge is 0.256 e. The summed E-state index contributed by atoms with van der Waals surface area (Å²) in [5, 5.41) is 6.77. The lowest BCUT2D eigenvalue weighted by molar-refractivity contribution is -0.145. The van der Waals surface area contributed by atoms with Crippen molar-refractivity contribution in [2.24, 2.45) is 5.92 Å². The van der Waals surface area contributed by atoms with Gasteiger partial charge in [0.1, 0.15) is 6.33 Å². The van der Waals surface area contributed by atoms with Crippen molar-refractivity contribution in [2.75, 3.05) is 31.6 Å². The van der Waals surface area contributed by atoms with Gasteiger partial charge in [0, 0.05) is 44.1 Å². The number of nitrogens with one attached hydrogen (secondary N) is 1. The highest BCUT2D eigenvalue weighted by atomic mass is 16.2. The minimum absolute atomic E-state index is 0. The van der Waals surface area contributed by atoms with E-state index in [1.54, 1.807) is 11.2 Å². The minimum atomic E-state index is -0.0929. The van der Waals surface area contributed by atoms with Gasteiger partial charge in [-0.1, -0.05) is 57.7 Å². The Hall–Kier alpha value is -3.78. The number of benzene rings is 2. The number of hydrogen-bond acceptors (Lipinski definition) is 6. The van der Waals surface area contributed by atoms with Crippen LogP contribution in [-0.2, 0) is 22.7 Å². The SMILES string of the molecule is C.Cc1ccc(-c2ccncn2)cc1N(CC(=O)NCCCC(C)C)CC(=O)N(C)N1Cc2ccccc2C1. The van der Waals surface area contributed by atoms with E-state index in [4.69, 9.17) is 0 Å². The third kappa shape index (κ3) is 7.86. The fourth-order valence-electron chi connectivity index (χ4n) is 4.72. The fourth-order valence-corrected chi connectivity index (χ4v) is 4.72. The molecule has 0 bridgehead atoms. The molecule has 4 rings (SSSR count). The minimum Gasteiger partial charge on any atom is -0.355 e. The first-order valence-corrected chi connectivity index (χ1v) is 13.3. The van der Waals surface area contributed by atoms with Gasteiger partial charge >= 0.3 is 0 Å². The Morgan fingerprint density at radius 2 is 1.77 bits per heavy atom. The number of nitrogens with zero attached hydrogens (tertiary/aromatic N) is 5. The molecule has 1 N–H and O–H groups in total. The molecule has 3 aromatic rings. The Kier molecular flexibility index (Phi) is 10.6. The molecule has 39 heavy (non-hydrogen) atoms. The second-order valence-corrected chi connectivity index (χ2v) is 10.3. The zero-order chi connectivity index (χ0) is 27.1. The first-order valence-electron chi connectivity index (χ1n) is 13.3. The molecule has 0 saturated carbocycles. The second kappa shape index (κ2) is 13.8. The van der Waals surface area contributed by atoms with E-state index in [0.29, 0.717) is 25.6 Å². The van der Waals surface area contributed by atoms with E-state index >= 15 is 0 Å². The Morgan fingerprint density at radius 1 is 1.05 bits per heavy atom. The van der Waals surface area contributed by atoms with E-state index in [-0.39, 0.29) is 32.3 Å². The standard InChI is InChI=1S/C30H38N6O2.CH4/c1-22(2)8-7-14-32-29(37)19-35(28-16-24(12-11-23(28)3)27-13-15-31-21-33-27)20-30(38)34(4)36-17-25-9-5-6-10-26(25)18-36;/h5-6,9-13,15-16,21-22H,7-8,14,17-20H2,1-4H3,(H,32,37);1H4. The topological polar surface area (TPSA) is 81.7 Å². The molecule has 1 aromatic heterocycles. The van der Waals surface area contributed by atoms with E-state index < -0.39 is 0 Å². The summed E-state index contributed by atoms with van der Waals surface area (Å²) >= 11 is 0. The summed E-state index contributed by atoms with van der Waals surface area (Å²) in [6.07, 6.45) is 5.22. The van der Waals surface area contributed by atoms with Crippen molar-refractivity contribution in [3.8, 4) is 11.3 Å². The number of likely N-dealkylation sites (N-methyl/N-ethyl adjacent to an activating group) is 1. The predicted molar refractivity (Wildman–Crippen MR) is 157 cm³/mol. The summed E-state index contributed by atoms with van der Waals surface area (Å²) in [7, 11) is 1.81. The van der Waals surface area contributed by atoms with Crippen LogP contribution >= 0.6 is 0 Å². The van der Waals surface area contributed by atoms with Crippen LogP contribution < -0.4 is 10.2 Å². The summed E-state index contributed by atoms with van der Waals surface area (Å²) < 4.78 is 0. The Morgan fingerprint density at radius 3 is 2.41 bits per heavy atom. The molecule has 1 aliphatic rings. The molecule has 2 aromatic carbocycles. The van der Waals surface area contributed by atoms with Crippen LogP contribution in [0.25, 0.3) is 11.3 Å². The third-order valence-electron chi connectivity index (χ3n) is 6.98. The molecule has 0 saturated heterocycles. The number of carbonyl (C=O) groups excluding carboxylic acids is 2. The molecule has 2 heterocycles. The third-order valence-corrected chi connectivity index (χ3v) is 6.98. The van der Waals surface area contributed by atoms with Crippen LogP contribution in [0.3, 0.4) is 0 Å². The van der Waals surface area contributed by atoms with Gasteiger partial charge in [-0.3, -0.25) is 14.6 Å². The van der Waals surface area contributed by atoms with E-state index in [1.807, 2.05) is 60.3 Å². The molecule has 0 aliphatic carbocycles. The van der Waals surface area contributed by atoms with E-state index in [1.165, 1.54) is 17.5 Å². The van der Waals surface area contributed by atoms with Gasteiger partial charge < -0.3 is 10.2 Å². The van der Waals surface area contributed by atoms with Crippen molar-refractivity contribution in [3.63, 3.8) is 0 Å². The van der Waals surface area contributed by atoms with Crippen molar-refractivity contribution < 1.29 is 9.59 Å². The number of hydrazine groups is 1. The monoisotopic (exact) mass is 530 g/mol. The van der Waals surface area contributed by atoms with Crippen LogP contribution in [0.1, 0.15) is 50.8 Å². The van der Waals surface area contributed by atoms with Crippen molar-refractivity contribution in [1.29, 1.82) is 0 Å². The maximum Gasteiger partial charge on any atom is 0.256 e. The molecule has 0 unspecified atom stereocenters. The number of anilines is 1. The number of hydrogen-bond donors (Lipinski definition) is 1. The maximum absolute atomic E-state index is 13.5. The number of rotatable bonds is 11. The van der Waals surface area contributed by atoms with Gasteiger partial charge in [0.15, 0.2) is 0 Å². The molecule has 0 spiro atoms. The average Bonchev–Trinajstić information content (AvgIpc) is 3.35. The van der Waals surface area contributed by atoms with Crippen LogP contribution in [0.15, 0.2) is 61.1 Å². The molecule has 2 amide bonds. The van der Waals surface area contributed by atoms with Gasteiger partial charge in [-0.25, -0.2) is 15.0 Å². The molecule has 208 valence electrons. The number of aryl methyl sites for hydroxylation is 1. The molecule has 8 heteroatoms. The van der Waals surface area contributed by atoms with E-state index in [2.05, 4.69) is 41.3 Å². The van der Waals surface area contributed by atoms with Gasteiger partial charge in [0.25, 0.3) is 5.91 Å². The van der Waals surface area contributed by atoms with Gasteiger partial charge in [0.05, 0.1) is 18.8 Å². The number of carbonyl (C=O) groups is 2. The molecule has 1 aliphatic heterocycles. The summed E-state index contributed by atoms with van der Waals surface area (Å²) in [5.74, 6) is 0.433. The second-order valence-electron chi connectivity index (χ2n) is 10.3. The lowest BCUT2D eigenvalue weighted by Crippen LogP contribution is -2.48. The van der Waals surface area contributed by atoms with Crippen molar-refractivity contribution in [1.82, 2.24) is 25.3 Å². The Bertz CT molecular complexity index is 1220. The highest BCUT2D eigenvalue weighted by molar-refractivity contribution is 5.87. The summed E-state index contributed by atoms with van der Waals surface area (Å²) in [5.41, 5.74) is 5.99. The summed E-state index contributed by atoms with van der Waals surface area (Å²) in [4.78, 5) is 36.8. The first-order chi connectivity index (χ1) is 18.3. The van der Waals surface area contributed by atoms with Crippen molar-refractivity contribution >= 4 is 17.5 Å². The van der Waals surface area contributed by atoms with Crippen LogP contribution in [-0.4, -0.2) is 58.5 Å². The average molecular weight is 531 g/mol. The maximum atomic E-state index is 13.5. The quantitative estimate of drug-likeness (QED) is 0.358. The molecule has 0 atom stereocenters. The van der Waals surface area contributed by atoms with Gasteiger partial charge in [-0.2, -0.15) is 0 Å². The fraction of sp³-hybridized carbons (Fsp3) is 0.419. The zero-order valence-corrected chi connectivity index (χ0v) is 22.9. The van der Waals surface area contributed by atoms with Crippen LogP contribution in [0, 0.1) is 12.8 Å². The predicted octanol–water partition coefficient (Wildman–Crippen LogP) is 4.84. The van der Waals surface area contributed by atoms with Crippen molar-refractivity contribution in [2.45, 2.75) is 54.1 Å². The number of amides is 2.